The van der Waals surface area contributed by atoms with Crippen LogP contribution in [0.4, 0.5) is 0 Å². The zero-order chi connectivity index (χ0) is 22.7. The van der Waals surface area contributed by atoms with E-state index in [1.165, 1.54) is 5.56 Å². The number of hydrogen-bond donors (Lipinski definition) is 0. The van der Waals surface area contributed by atoms with Crippen molar-refractivity contribution in [1.82, 2.24) is 9.80 Å². The molecular formula is C26H30N2O4. The molecule has 2 aliphatic rings. The zero-order valence-corrected chi connectivity index (χ0v) is 18.8. The lowest BCUT2D eigenvalue weighted by molar-refractivity contribution is -0.137. The van der Waals surface area contributed by atoms with E-state index in [4.69, 9.17) is 4.74 Å². The summed E-state index contributed by atoms with van der Waals surface area (Å²) in [6.45, 7) is 4.17. The molecule has 0 spiro atoms. The highest BCUT2D eigenvalue weighted by Gasteiger charge is 2.38. The number of ketones is 1. The number of Topliss-reactive ketones (excluding diaryl/α,β-unsaturated/α-hetero) is 1. The predicted octanol–water partition coefficient (Wildman–Crippen LogP) is 3.47. The molecule has 2 aliphatic heterocycles. The van der Waals surface area contributed by atoms with Crippen molar-refractivity contribution in [2.75, 3.05) is 26.7 Å². The average molecular weight is 435 g/mol. The second-order valence-electron chi connectivity index (χ2n) is 8.85. The van der Waals surface area contributed by atoms with E-state index in [0.717, 1.165) is 11.3 Å². The van der Waals surface area contributed by atoms with Gasteiger partial charge in [0.25, 0.3) is 0 Å². The number of piperidine rings is 1. The van der Waals surface area contributed by atoms with Crippen LogP contribution in [-0.4, -0.2) is 54.1 Å². The molecule has 1 unspecified atom stereocenters. The van der Waals surface area contributed by atoms with Gasteiger partial charge in [0.1, 0.15) is 5.75 Å². The average Bonchev–Trinajstić information content (AvgIpc) is 3.19. The molecule has 1 atom stereocenters. The lowest BCUT2D eigenvalue weighted by Gasteiger charge is -2.33. The van der Waals surface area contributed by atoms with Gasteiger partial charge in [0, 0.05) is 44.1 Å². The molecule has 32 heavy (non-hydrogen) atoms. The lowest BCUT2D eigenvalue weighted by atomic mass is 9.88. The molecule has 0 saturated carbocycles. The third kappa shape index (κ3) is 4.85. The Morgan fingerprint density at radius 1 is 0.969 bits per heavy atom. The summed E-state index contributed by atoms with van der Waals surface area (Å²) < 4.78 is 5.15. The number of benzene rings is 2. The van der Waals surface area contributed by atoms with E-state index in [-0.39, 0.29) is 35.9 Å². The normalized spacial score (nSPS) is 19.3. The fourth-order valence-corrected chi connectivity index (χ4v) is 4.62. The number of methoxy groups -OCH3 is 1. The van der Waals surface area contributed by atoms with Crippen molar-refractivity contribution in [3.63, 3.8) is 0 Å². The van der Waals surface area contributed by atoms with Crippen molar-refractivity contribution in [2.24, 2.45) is 11.8 Å². The molecule has 2 aromatic rings. The summed E-state index contributed by atoms with van der Waals surface area (Å²) in [6, 6.07) is 15.3. The van der Waals surface area contributed by atoms with E-state index in [9.17, 15) is 14.4 Å². The van der Waals surface area contributed by atoms with E-state index in [1.54, 1.807) is 36.3 Å². The number of amides is 2. The van der Waals surface area contributed by atoms with Crippen LogP contribution in [0, 0.1) is 18.8 Å². The van der Waals surface area contributed by atoms with Gasteiger partial charge in [-0.1, -0.05) is 29.8 Å². The first-order chi connectivity index (χ1) is 15.4. The smallest absolute Gasteiger partial charge is 0.227 e. The van der Waals surface area contributed by atoms with Crippen molar-refractivity contribution in [2.45, 2.75) is 32.7 Å². The predicted molar refractivity (Wildman–Crippen MR) is 121 cm³/mol. The Morgan fingerprint density at radius 3 is 2.25 bits per heavy atom. The van der Waals surface area contributed by atoms with Crippen LogP contribution in [0.5, 0.6) is 5.75 Å². The molecule has 0 radical (unpaired) electrons. The Balaban J connectivity index is 1.29. The first-order valence-electron chi connectivity index (χ1n) is 11.2. The Kier molecular flexibility index (Phi) is 6.58. The highest BCUT2D eigenvalue weighted by atomic mass is 16.5. The van der Waals surface area contributed by atoms with Gasteiger partial charge in [-0.3, -0.25) is 14.4 Å². The third-order valence-corrected chi connectivity index (χ3v) is 6.61. The number of nitrogens with zero attached hydrogens (tertiary/aromatic N) is 2. The Labute approximate surface area is 189 Å². The summed E-state index contributed by atoms with van der Waals surface area (Å²) in [5.41, 5.74) is 2.95. The number of ether oxygens (including phenoxy) is 1. The molecule has 6 nitrogen and oxygen atoms in total. The molecular weight excluding hydrogens is 404 g/mol. The minimum Gasteiger partial charge on any atom is -0.497 e. The molecule has 2 amide bonds. The van der Waals surface area contributed by atoms with Crippen molar-refractivity contribution in [3.8, 4) is 5.75 Å². The van der Waals surface area contributed by atoms with Gasteiger partial charge in [0.05, 0.1) is 13.0 Å². The maximum Gasteiger partial charge on any atom is 0.227 e. The molecule has 6 heteroatoms. The van der Waals surface area contributed by atoms with Crippen molar-refractivity contribution in [1.29, 1.82) is 0 Å². The van der Waals surface area contributed by atoms with Gasteiger partial charge in [-0.25, -0.2) is 0 Å². The highest BCUT2D eigenvalue weighted by Crippen LogP contribution is 2.27. The second kappa shape index (κ2) is 9.55. The quantitative estimate of drug-likeness (QED) is 0.653. The fraction of sp³-hybridized carbons (Fsp3) is 0.423. The van der Waals surface area contributed by atoms with Gasteiger partial charge in [0.15, 0.2) is 5.78 Å². The lowest BCUT2D eigenvalue weighted by Crippen LogP contribution is -2.43. The van der Waals surface area contributed by atoms with Gasteiger partial charge in [-0.2, -0.15) is 0 Å². The van der Waals surface area contributed by atoms with Gasteiger partial charge in [0.2, 0.25) is 11.8 Å². The minimum atomic E-state index is -0.290. The highest BCUT2D eigenvalue weighted by molar-refractivity contribution is 5.98. The molecule has 0 bridgehead atoms. The first kappa shape index (κ1) is 22.1. The molecule has 0 aromatic heterocycles. The van der Waals surface area contributed by atoms with E-state index < -0.39 is 0 Å². The zero-order valence-electron chi connectivity index (χ0n) is 18.8. The number of hydrogen-bond acceptors (Lipinski definition) is 4. The van der Waals surface area contributed by atoms with Crippen molar-refractivity contribution < 1.29 is 19.1 Å². The van der Waals surface area contributed by atoms with Crippen LogP contribution < -0.4 is 4.74 Å². The molecule has 2 saturated heterocycles. The van der Waals surface area contributed by atoms with Gasteiger partial charge < -0.3 is 14.5 Å². The fourth-order valence-electron chi connectivity index (χ4n) is 4.62. The maximum absolute atomic E-state index is 13.1. The minimum absolute atomic E-state index is 0.0356. The standard InChI is InChI=1S/C26H30N2O4/c1-18-3-5-19(6-4-18)16-28-17-22(15-24(28)29)26(31)27-13-11-21(12-14-27)25(30)20-7-9-23(32-2)10-8-20/h3-10,21-22H,11-17H2,1-2H3. The van der Waals surface area contributed by atoms with E-state index >= 15 is 0 Å². The van der Waals surface area contributed by atoms with E-state index in [0.29, 0.717) is 44.6 Å². The van der Waals surface area contributed by atoms with E-state index in [1.807, 2.05) is 36.1 Å². The van der Waals surface area contributed by atoms with Crippen molar-refractivity contribution in [3.05, 3.63) is 65.2 Å². The summed E-state index contributed by atoms with van der Waals surface area (Å²) in [5.74, 6) is 0.565. The summed E-state index contributed by atoms with van der Waals surface area (Å²) >= 11 is 0. The number of carbonyl (C=O) groups is 3. The topological polar surface area (TPSA) is 66.9 Å². The van der Waals surface area contributed by atoms with Crippen LogP contribution in [0.3, 0.4) is 0 Å². The second-order valence-corrected chi connectivity index (χ2v) is 8.85. The van der Waals surface area contributed by atoms with Gasteiger partial charge in [-0.05, 0) is 49.6 Å². The summed E-state index contributed by atoms with van der Waals surface area (Å²) in [7, 11) is 1.60. The summed E-state index contributed by atoms with van der Waals surface area (Å²) in [5, 5.41) is 0. The summed E-state index contributed by atoms with van der Waals surface area (Å²) in [6.07, 6.45) is 1.59. The Hall–Kier alpha value is -3.15. The molecule has 0 N–H and O–H groups in total. The van der Waals surface area contributed by atoms with Crippen LogP contribution in [0.25, 0.3) is 0 Å². The summed E-state index contributed by atoms with van der Waals surface area (Å²) in [4.78, 5) is 42.0. The number of aryl methyl sites for hydroxylation is 1. The van der Waals surface area contributed by atoms with Crippen LogP contribution in [0.15, 0.2) is 48.5 Å². The Bertz CT molecular complexity index is 976. The van der Waals surface area contributed by atoms with E-state index in [2.05, 4.69) is 0 Å². The molecule has 2 heterocycles. The molecule has 4 rings (SSSR count). The number of likely N-dealkylation sites (tertiary alicyclic amines) is 2. The maximum atomic E-state index is 13.1. The van der Waals surface area contributed by atoms with Crippen LogP contribution in [-0.2, 0) is 16.1 Å². The Morgan fingerprint density at radius 2 is 1.62 bits per heavy atom. The molecule has 0 aliphatic carbocycles. The van der Waals surface area contributed by atoms with Gasteiger partial charge >= 0.3 is 0 Å². The van der Waals surface area contributed by atoms with Crippen LogP contribution in [0.2, 0.25) is 0 Å². The number of rotatable bonds is 6. The largest absolute Gasteiger partial charge is 0.497 e. The third-order valence-electron chi connectivity index (χ3n) is 6.61. The molecule has 2 aromatic carbocycles. The molecule has 168 valence electrons. The molecule has 2 fully saturated rings. The monoisotopic (exact) mass is 434 g/mol. The number of carbonyl (C=O) groups excluding carboxylic acids is 3. The van der Waals surface area contributed by atoms with Crippen molar-refractivity contribution >= 4 is 17.6 Å². The SMILES string of the molecule is COc1ccc(C(=O)C2CCN(C(=O)C3CC(=O)N(Cc4ccc(C)cc4)C3)CC2)cc1. The van der Waals surface area contributed by atoms with Crippen LogP contribution in [0.1, 0.15) is 40.7 Å². The van der Waals surface area contributed by atoms with Crippen LogP contribution >= 0.6 is 0 Å². The van der Waals surface area contributed by atoms with Gasteiger partial charge in [-0.15, -0.1) is 0 Å². The first-order valence-corrected chi connectivity index (χ1v) is 11.2.